The van der Waals surface area contributed by atoms with Gasteiger partial charge in [-0.2, -0.15) is 13.2 Å². The van der Waals surface area contributed by atoms with E-state index in [1.165, 1.54) is 0 Å². The number of carboxylic acid groups (broad SMARTS) is 1. The lowest BCUT2D eigenvalue weighted by atomic mass is 10.1. The minimum Gasteiger partial charge on any atom is -0.481 e. The number of alkyl halides is 3. The maximum absolute atomic E-state index is 12.6. The molecule has 0 bridgehead atoms. The highest BCUT2D eigenvalue weighted by Crippen LogP contribution is 2.32. The molecule has 0 heterocycles. The Labute approximate surface area is 107 Å². The van der Waals surface area contributed by atoms with Crippen LogP contribution in [0.25, 0.3) is 0 Å². The number of hydrogen-bond donors (Lipinski definition) is 1. The molecule has 106 valence electrons. The summed E-state index contributed by atoms with van der Waals surface area (Å²) >= 11 is 0. The molecule has 8 heteroatoms. The van der Waals surface area contributed by atoms with Gasteiger partial charge in [0.1, 0.15) is 0 Å². The van der Waals surface area contributed by atoms with E-state index in [1.807, 2.05) is 0 Å². The van der Waals surface area contributed by atoms with Crippen molar-refractivity contribution in [3.05, 3.63) is 29.3 Å². The second kappa shape index (κ2) is 5.20. The Morgan fingerprint density at radius 2 is 1.84 bits per heavy atom. The topological polar surface area (TPSA) is 71.4 Å². The van der Waals surface area contributed by atoms with Crippen molar-refractivity contribution in [3.8, 4) is 0 Å². The van der Waals surface area contributed by atoms with Crippen LogP contribution in [0.1, 0.15) is 17.5 Å². The zero-order chi connectivity index (χ0) is 14.8. The predicted molar refractivity (Wildman–Crippen MR) is 60.5 cm³/mol. The van der Waals surface area contributed by atoms with E-state index in [4.69, 9.17) is 5.11 Å². The number of hydrogen-bond acceptors (Lipinski definition) is 3. The Kier molecular flexibility index (Phi) is 4.24. The number of aryl methyl sites for hydroxylation is 1. The van der Waals surface area contributed by atoms with Gasteiger partial charge in [0, 0.05) is 12.7 Å². The molecule has 0 saturated heterocycles. The van der Waals surface area contributed by atoms with E-state index in [2.05, 4.69) is 0 Å². The highest BCUT2D eigenvalue weighted by Gasteiger charge is 2.32. The lowest BCUT2D eigenvalue weighted by molar-refractivity contribution is -0.138. The van der Waals surface area contributed by atoms with E-state index in [0.29, 0.717) is 6.07 Å². The Hall–Kier alpha value is -1.57. The van der Waals surface area contributed by atoms with Crippen LogP contribution >= 0.6 is 0 Å². The Morgan fingerprint density at radius 1 is 1.26 bits per heavy atom. The molecule has 0 spiro atoms. The summed E-state index contributed by atoms with van der Waals surface area (Å²) in [7, 11) is -3.79. The molecule has 0 saturated carbocycles. The normalized spacial score (nSPS) is 12.4. The van der Waals surface area contributed by atoms with Gasteiger partial charge in [-0.15, -0.1) is 0 Å². The predicted octanol–water partition coefficient (Wildman–Crippen LogP) is 2.13. The van der Waals surface area contributed by atoms with Crippen LogP contribution in [0, 0.1) is 0 Å². The van der Waals surface area contributed by atoms with Crippen LogP contribution in [-0.2, 0) is 27.2 Å². The molecule has 0 radical (unpaired) electrons. The average Bonchev–Trinajstić information content (AvgIpc) is 2.23. The van der Waals surface area contributed by atoms with Gasteiger partial charge in [-0.3, -0.25) is 4.79 Å². The van der Waals surface area contributed by atoms with Crippen molar-refractivity contribution >= 4 is 15.8 Å². The van der Waals surface area contributed by atoms with Crippen molar-refractivity contribution in [2.24, 2.45) is 0 Å². The maximum atomic E-state index is 12.6. The minimum absolute atomic E-state index is 0.0256. The lowest BCUT2D eigenvalue weighted by Gasteiger charge is -2.11. The summed E-state index contributed by atoms with van der Waals surface area (Å²) in [6.45, 7) is 0. The number of sulfone groups is 1. The zero-order valence-corrected chi connectivity index (χ0v) is 10.7. The lowest BCUT2D eigenvalue weighted by Crippen LogP contribution is -2.09. The second-order valence-electron chi connectivity index (χ2n) is 4.03. The van der Waals surface area contributed by atoms with Crippen molar-refractivity contribution in [3.63, 3.8) is 0 Å². The van der Waals surface area contributed by atoms with Crippen LogP contribution < -0.4 is 0 Å². The van der Waals surface area contributed by atoms with Crippen molar-refractivity contribution in [1.82, 2.24) is 0 Å². The summed E-state index contributed by atoms with van der Waals surface area (Å²) in [5, 5.41) is 8.49. The number of halogens is 3. The zero-order valence-electron chi connectivity index (χ0n) is 9.86. The summed E-state index contributed by atoms with van der Waals surface area (Å²) in [5.41, 5.74) is -1.08. The first-order chi connectivity index (χ1) is 8.50. The Morgan fingerprint density at radius 3 is 2.26 bits per heavy atom. The number of aliphatic carboxylic acids is 1. The highest BCUT2D eigenvalue weighted by atomic mass is 32.2. The smallest absolute Gasteiger partial charge is 0.416 e. The van der Waals surface area contributed by atoms with Crippen molar-refractivity contribution in [2.75, 3.05) is 6.26 Å². The maximum Gasteiger partial charge on any atom is 0.416 e. The molecule has 0 atom stereocenters. The number of benzene rings is 1. The number of carboxylic acids is 1. The Balaban J connectivity index is 3.29. The molecular formula is C11H11F3O4S. The fourth-order valence-corrected chi connectivity index (χ4v) is 2.14. The van der Waals surface area contributed by atoms with Crippen LogP contribution in [-0.4, -0.2) is 25.7 Å². The molecule has 0 aliphatic rings. The molecule has 0 aliphatic carbocycles. The van der Waals surface area contributed by atoms with Gasteiger partial charge >= 0.3 is 12.1 Å². The summed E-state index contributed by atoms with van der Waals surface area (Å²) in [6, 6.07) is 2.37. The van der Waals surface area contributed by atoms with E-state index in [-0.39, 0.29) is 18.4 Å². The average molecular weight is 296 g/mol. The molecule has 0 amide bonds. The van der Waals surface area contributed by atoms with Gasteiger partial charge in [0.15, 0.2) is 9.84 Å². The van der Waals surface area contributed by atoms with Crippen LogP contribution in [0.2, 0.25) is 0 Å². The summed E-state index contributed by atoms with van der Waals surface area (Å²) < 4.78 is 60.5. The summed E-state index contributed by atoms with van der Waals surface area (Å²) in [4.78, 5) is 9.93. The van der Waals surface area contributed by atoms with Crippen LogP contribution in [0.15, 0.2) is 23.1 Å². The molecular weight excluding hydrogens is 285 g/mol. The highest BCUT2D eigenvalue weighted by molar-refractivity contribution is 7.90. The second-order valence-corrected chi connectivity index (χ2v) is 6.05. The SMILES string of the molecule is CS(=O)(=O)c1cc(CCC(=O)O)cc(C(F)(F)F)c1. The van der Waals surface area contributed by atoms with E-state index >= 15 is 0 Å². The quantitative estimate of drug-likeness (QED) is 0.924. The van der Waals surface area contributed by atoms with Gasteiger partial charge in [-0.1, -0.05) is 0 Å². The molecule has 1 rings (SSSR count). The first kappa shape index (κ1) is 15.5. The number of rotatable bonds is 4. The minimum atomic E-state index is -4.68. The van der Waals surface area contributed by atoms with Crippen LogP contribution in [0.3, 0.4) is 0 Å². The van der Waals surface area contributed by atoms with Gasteiger partial charge in [-0.05, 0) is 30.2 Å². The molecule has 1 aromatic rings. The largest absolute Gasteiger partial charge is 0.481 e. The molecule has 1 aromatic carbocycles. The third-order valence-corrected chi connectivity index (χ3v) is 3.44. The van der Waals surface area contributed by atoms with Crippen molar-refractivity contribution in [1.29, 1.82) is 0 Å². The van der Waals surface area contributed by atoms with Gasteiger partial charge in [-0.25, -0.2) is 8.42 Å². The first-order valence-electron chi connectivity index (χ1n) is 5.13. The molecule has 0 fully saturated rings. The van der Waals surface area contributed by atoms with Gasteiger partial charge < -0.3 is 5.11 Å². The first-order valence-corrected chi connectivity index (χ1v) is 7.02. The molecule has 0 aromatic heterocycles. The molecule has 19 heavy (non-hydrogen) atoms. The molecule has 1 N–H and O–H groups in total. The third kappa shape index (κ3) is 4.55. The standard InChI is InChI=1S/C11H11F3O4S/c1-19(17,18)9-5-7(2-3-10(15)16)4-8(6-9)11(12,13)14/h4-6H,2-3H2,1H3,(H,15,16). The van der Waals surface area contributed by atoms with E-state index in [1.54, 1.807) is 0 Å². The fraction of sp³-hybridized carbons (Fsp3) is 0.364. The molecule has 4 nitrogen and oxygen atoms in total. The molecule has 0 unspecified atom stereocenters. The van der Waals surface area contributed by atoms with Crippen LogP contribution in [0.5, 0.6) is 0 Å². The molecule has 0 aliphatic heterocycles. The van der Waals surface area contributed by atoms with E-state index in [9.17, 15) is 26.4 Å². The summed E-state index contributed by atoms with van der Waals surface area (Å²) in [6.07, 6.45) is -4.42. The van der Waals surface area contributed by atoms with Crippen LogP contribution in [0.4, 0.5) is 13.2 Å². The monoisotopic (exact) mass is 296 g/mol. The van der Waals surface area contributed by atoms with E-state index < -0.39 is 32.4 Å². The Bertz CT molecular complexity index is 590. The van der Waals surface area contributed by atoms with Crippen molar-refractivity contribution in [2.45, 2.75) is 23.9 Å². The van der Waals surface area contributed by atoms with Gasteiger partial charge in [0.2, 0.25) is 0 Å². The third-order valence-electron chi connectivity index (χ3n) is 2.35. The number of carbonyl (C=O) groups is 1. The fourth-order valence-electron chi connectivity index (χ4n) is 1.43. The van der Waals surface area contributed by atoms with E-state index in [0.717, 1.165) is 18.4 Å². The van der Waals surface area contributed by atoms with Gasteiger partial charge in [0.25, 0.3) is 0 Å². The summed E-state index contributed by atoms with van der Waals surface area (Å²) in [5.74, 6) is -1.17. The van der Waals surface area contributed by atoms with Crippen molar-refractivity contribution < 1.29 is 31.5 Å². The van der Waals surface area contributed by atoms with Gasteiger partial charge in [0.05, 0.1) is 10.5 Å².